The van der Waals surface area contributed by atoms with E-state index in [1.165, 1.54) is 0 Å². The van der Waals surface area contributed by atoms with Gasteiger partial charge in [0.1, 0.15) is 0 Å². The second-order valence-corrected chi connectivity index (χ2v) is 5.43. The standard InChI is InChI=1S/C14H22N4O/c1-10(2)17-13-5-4-6-18(14(13)19)9-12-8-15-11(3)7-16-12/h7-8,10,13,17H,4-6,9H2,1-3H3. The molecule has 0 bridgehead atoms. The number of rotatable bonds is 4. The second-order valence-electron chi connectivity index (χ2n) is 5.43. The quantitative estimate of drug-likeness (QED) is 0.888. The van der Waals surface area contributed by atoms with Crippen LogP contribution in [0.4, 0.5) is 0 Å². The Bertz CT molecular complexity index is 430. The van der Waals surface area contributed by atoms with Gasteiger partial charge in [-0.05, 0) is 19.8 Å². The molecule has 1 aliphatic rings. The smallest absolute Gasteiger partial charge is 0.240 e. The zero-order valence-electron chi connectivity index (χ0n) is 11.9. The van der Waals surface area contributed by atoms with Gasteiger partial charge in [-0.15, -0.1) is 0 Å². The predicted octanol–water partition coefficient (Wildman–Crippen LogP) is 1.27. The van der Waals surface area contributed by atoms with Gasteiger partial charge in [0, 0.05) is 18.8 Å². The van der Waals surface area contributed by atoms with Gasteiger partial charge in [-0.25, -0.2) is 0 Å². The molecule has 0 saturated carbocycles. The lowest BCUT2D eigenvalue weighted by atomic mass is 10.0. The van der Waals surface area contributed by atoms with E-state index in [0.717, 1.165) is 30.8 Å². The maximum absolute atomic E-state index is 12.3. The summed E-state index contributed by atoms with van der Waals surface area (Å²) in [4.78, 5) is 22.8. The van der Waals surface area contributed by atoms with E-state index in [4.69, 9.17) is 0 Å². The first-order valence-electron chi connectivity index (χ1n) is 6.88. The van der Waals surface area contributed by atoms with Crippen LogP contribution in [0, 0.1) is 6.92 Å². The van der Waals surface area contributed by atoms with Crippen LogP contribution in [0.25, 0.3) is 0 Å². The molecule has 1 atom stereocenters. The SMILES string of the molecule is Cc1cnc(CN2CCCC(NC(C)C)C2=O)cn1. The van der Waals surface area contributed by atoms with E-state index >= 15 is 0 Å². The van der Waals surface area contributed by atoms with Crippen molar-refractivity contribution in [3.63, 3.8) is 0 Å². The van der Waals surface area contributed by atoms with Crippen LogP contribution < -0.4 is 5.32 Å². The Morgan fingerprint density at radius 3 is 2.84 bits per heavy atom. The van der Waals surface area contributed by atoms with E-state index in [1.54, 1.807) is 12.4 Å². The summed E-state index contributed by atoms with van der Waals surface area (Å²) in [6.45, 7) is 7.41. The van der Waals surface area contributed by atoms with Crippen LogP contribution in [0.2, 0.25) is 0 Å². The lowest BCUT2D eigenvalue weighted by Gasteiger charge is -2.33. The lowest BCUT2D eigenvalue weighted by molar-refractivity contribution is -0.136. The summed E-state index contributed by atoms with van der Waals surface area (Å²) in [6, 6.07) is 0.278. The lowest BCUT2D eigenvalue weighted by Crippen LogP contribution is -2.52. The number of aromatic nitrogens is 2. The molecule has 1 saturated heterocycles. The first-order chi connectivity index (χ1) is 9.06. The van der Waals surface area contributed by atoms with Crippen LogP contribution >= 0.6 is 0 Å². The van der Waals surface area contributed by atoms with Crippen molar-refractivity contribution in [2.24, 2.45) is 0 Å². The van der Waals surface area contributed by atoms with E-state index < -0.39 is 0 Å². The van der Waals surface area contributed by atoms with Crippen molar-refractivity contribution in [3.05, 3.63) is 23.8 Å². The summed E-state index contributed by atoms with van der Waals surface area (Å²) < 4.78 is 0. The number of carbonyl (C=O) groups is 1. The molecule has 1 N–H and O–H groups in total. The third-order valence-corrected chi connectivity index (χ3v) is 3.25. The van der Waals surface area contributed by atoms with Gasteiger partial charge in [-0.1, -0.05) is 13.8 Å². The van der Waals surface area contributed by atoms with E-state index in [0.29, 0.717) is 12.6 Å². The zero-order valence-corrected chi connectivity index (χ0v) is 11.9. The van der Waals surface area contributed by atoms with Crippen LogP contribution in [-0.2, 0) is 11.3 Å². The molecule has 0 spiro atoms. The summed E-state index contributed by atoms with van der Waals surface area (Å²) in [7, 11) is 0. The topological polar surface area (TPSA) is 58.1 Å². The molecule has 1 aliphatic heterocycles. The number of hydrogen-bond acceptors (Lipinski definition) is 4. The molecule has 19 heavy (non-hydrogen) atoms. The Kier molecular flexibility index (Phi) is 4.47. The summed E-state index contributed by atoms with van der Waals surface area (Å²) in [5, 5.41) is 3.33. The number of nitrogens with zero attached hydrogens (tertiary/aromatic N) is 3. The molecule has 1 amide bonds. The summed E-state index contributed by atoms with van der Waals surface area (Å²) in [5.41, 5.74) is 1.75. The normalized spacial score (nSPS) is 20.1. The molecule has 1 aromatic rings. The number of amides is 1. The first kappa shape index (κ1) is 13.9. The highest BCUT2D eigenvalue weighted by atomic mass is 16.2. The Morgan fingerprint density at radius 2 is 2.21 bits per heavy atom. The fourth-order valence-corrected chi connectivity index (χ4v) is 2.35. The van der Waals surface area contributed by atoms with E-state index in [-0.39, 0.29) is 11.9 Å². The summed E-state index contributed by atoms with van der Waals surface area (Å²) >= 11 is 0. The molecule has 0 aromatic carbocycles. The number of carbonyl (C=O) groups excluding carboxylic acids is 1. The monoisotopic (exact) mass is 262 g/mol. The van der Waals surface area contributed by atoms with Gasteiger partial charge in [0.05, 0.1) is 30.2 Å². The minimum Gasteiger partial charge on any atom is -0.335 e. The van der Waals surface area contributed by atoms with Crippen molar-refractivity contribution in [1.29, 1.82) is 0 Å². The molecule has 5 heteroatoms. The fourth-order valence-electron chi connectivity index (χ4n) is 2.35. The van der Waals surface area contributed by atoms with Gasteiger partial charge in [0.2, 0.25) is 5.91 Å². The minimum atomic E-state index is -0.0489. The number of hydrogen-bond donors (Lipinski definition) is 1. The van der Waals surface area contributed by atoms with Gasteiger partial charge in [-0.3, -0.25) is 14.8 Å². The molecular weight excluding hydrogens is 240 g/mol. The van der Waals surface area contributed by atoms with Crippen molar-refractivity contribution < 1.29 is 4.79 Å². The first-order valence-corrected chi connectivity index (χ1v) is 6.88. The van der Waals surface area contributed by atoms with Crippen molar-refractivity contribution >= 4 is 5.91 Å². The van der Waals surface area contributed by atoms with Gasteiger partial charge in [0.25, 0.3) is 0 Å². The Hall–Kier alpha value is -1.49. The highest BCUT2D eigenvalue weighted by Crippen LogP contribution is 2.14. The molecule has 2 rings (SSSR count). The third kappa shape index (κ3) is 3.73. The molecule has 1 unspecified atom stereocenters. The molecule has 104 valence electrons. The van der Waals surface area contributed by atoms with Crippen molar-refractivity contribution in [3.8, 4) is 0 Å². The molecular formula is C14H22N4O. The van der Waals surface area contributed by atoms with Crippen LogP contribution in [0.15, 0.2) is 12.4 Å². The highest BCUT2D eigenvalue weighted by Gasteiger charge is 2.28. The number of likely N-dealkylation sites (tertiary alicyclic amines) is 1. The van der Waals surface area contributed by atoms with Crippen LogP contribution in [-0.4, -0.2) is 39.4 Å². The van der Waals surface area contributed by atoms with Gasteiger partial charge < -0.3 is 10.2 Å². The summed E-state index contributed by atoms with van der Waals surface area (Å²) in [6.07, 6.45) is 5.46. The third-order valence-electron chi connectivity index (χ3n) is 3.25. The maximum atomic E-state index is 12.3. The van der Waals surface area contributed by atoms with E-state index in [9.17, 15) is 4.79 Å². The van der Waals surface area contributed by atoms with Gasteiger partial charge >= 0.3 is 0 Å². The second kappa shape index (κ2) is 6.10. The largest absolute Gasteiger partial charge is 0.335 e. The van der Waals surface area contributed by atoms with Crippen LogP contribution in [0.1, 0.15) is 38.1 Å². The molecule has 0 aliphatic carbocycles. The Balaban J connectivity index is 1.99. The van der Waals surface area contributed by atoms with Crippen molar-refractivity contribution in [1.82, 2.24) is 20.2 Å². The predicted molar refractivity (Wildman–Crippen MR) is 73.5 cm³/mol. The number of nitrogens with one attached hydrogen (secondary N) is 1. The average Bonchev–Trinajstić information content (AvgIpc) is 2.36. The Morgan fingerprint density at radius 1 is 1.42 bits per heavy atom. The molecule has 2 heterocycles. The zero-order chi connectivity index (χ0) is 13.8. The van der Waals surface area contributed by atoms with Gasteiger partial charge in [-0.2, -0.15) is 0 Å². The summed E-state index contributed by atoms with van der Waals surface area (Å²) in [5.74, 6) is 0.183. The minimum absolute atomic E-state index is 0.0489. The highest BCUT2D eigenvalue weighted by molar-refractivity contribution is 5.82. The van der Waals surface area contributed by atoms with E-state index in [1.807, 2.05) is 11.8 Å². The maximum Gasteiger partial charge on any atom is 0.240 e. The van der Waals surface area contributed by atoms with Crippen molar-refractivity contribution in [2.45, 2.75) is 52.2 Å². The van der Waals surface area contributed by atoms with Crippen LogP contribution in [0.5, 0.6) is 0 Å². The average molecular weight is 262 g/mol. The fraction of sp³-hybridized carbons (Fsp3) is 0.643. The molecule has 1 fully saturated rings. The van der Waals surface area contributed by atoms with Crippen LogP contribution in [0.3, 0.4) is 0 Å². The number of aryl methyl sites for hydroxylation is 1. The number of piperidine rings is 1. The molecule has 0 radical (unpaired) electrons. The Labute approximate surface area is 114 Å². The molecule has 5 nitrogen and oxygen atoms in total. The van der Waals surface area contributed by atoms with Gasteiger partial charge in [0.15, 0.2) is 0 Å². The van der Waals surface area contributed by atoms with E-state index in [2.05, 4.69) is 29.1 Å². The van der Waals surface area contributed by atoms with Crippen molar-refractivity contribution in [2.75, 3.05) is 6.54 Å². The molecule has 1 aromatic heterocycles.